The molecule has 3 rings (SSSR count). The van der Waals surface area contributed by atoms with Crippen LogP contribution in [0.5, 0.6) is 5.75 Å². The van der Waals surface area contributed by atoms with Gasteiger partial charge in [-0.1, -0.05) is 25.0 Å². The molecule has 2 nitrogen and oxygen atoms in total. The van der Waals surface area contributed by atoms with Crippen LogP contribution in [0.15, 0.2) is 24.3 Å². The molecule has 1 spiro atoms. The van der Waals surface area contributed by atoms with Crippen molar-refractivity contribution in [3.05, 3.63) is 29.8 Å². The van der Waals surface area contributed by atoms with Crippen molar-refractivity contribution in [2.24, 2.45) is 5.41 Å². The predicted octanol–water partition coefficient (Wildman–Crippen LogP) is 3.85. The molecular weight excluding hydrogens is 234 g/mol. The molecule has 19 heavy (non-hydrogen) atoms. The second-order valence-corrected chi connectivity index (χ2v) is 6.33. The molecule has 2 heteroatoms. The zero-order valence-corrected chi connectivity index (χ0v) is 12.0. The van der Waals surface area contributed by atoms with Crippen LogP contribution in [0.3, 0.4) is 0 Å². The highest BCUT2D eigenvalue weighted by Crippen LogP contribution is 2.46. The summed E-state index contributed by atoms with van der Waals surface area (Å²) >= 11 is 0. The van der Waals surface area contributed by atoms with Crippen LogP contribution in [0.25, 0.3) is 0 Å². The lowest BCUT2D eigenvalue weighted by atomic mass is 9.77. The largest absolute Gasteiger partial charge is 0.497 e. The fourth-order valence-corrected chi connectivity index (χ4v) is 3.80. The van der Waals surface area contributed by atoms with Gasteiger partial charge >= 0.3 is 0 Å². The van der Waals surface area contributed by atoms with Crippen LogP contribution in [-0.4, -0.2) is 25.1 Å². The third-order valence-corrected chi connectivity index (χ3v) is 5.15. The lowest BCUT2D eigenvalue weighted by Crippen LogP contribution is -2.38. The van der Waals surface area contributed by atoms with Gasteiger partial charge in [-0.2, -0.15) is 0 Å². The van der Waals surface area contributed by atoms with Crippen molar-refractivity contribution in [1.29, 1.82) is 0 Å². The first-order valence-electron chi connectivity index (χ1n) is 7.65. The van der Waals surface area contributed by atoms with Crippen molar-refractivity contribution in [3.8, 4) is 5.75 Å². The van der Waals surface area contributed by atoms with Crippen LogP contribution in [0.1, 0.15) is 44.1 Å². The van der Waals surface area contributed by atoms with E-state index < -0.39 is 0 Å². The SMILES string of the molecule is COc1ccc(CN2CCC3(CCCC3)CC2)cc1. The topological polar surface area (TPSA) is 12.5 Å². The first-order valence-corrected chi connectivity index (χ1v) is 7.65. The van der Waals surface area contributed by atoms with Crippen molar-refractivity contribution in [2.45, 2.75) is 45.1 Å². The standard InChI is InChI=1S/C17H25NO/c1-19-16-6-4-15(5-7-16)14-18-12-10-17(11-13-18)8-2-3-9-17/h4-7H,2-3,8-14H2,1H3. The lowest BCUT2D eigenvalue weighted by Gasteiger charge is -2.39. The molecule has 1 aromatic rings. The molecule has 0 radical (unpaired) electrons. The molecule has 104 valence electrons. The molecule has 0 bridgehead atoms. The fraction of sp³-hybridized carbons (Fsp3) is 0.647. The van der Waals surface area contributed by atoms with E-state index in [1.807, 2.05) is 0 Å². The molecule has 1 saturated heterocycles. The number of likely N-dealkylation sites (tertiary alicyclic amines) is 1. The first-order chi connectivity index (χ1) is 9.30. The van der Waals surface area contributed by atoms with Crippen molar-refractivity contribution in [2.75, 3.05) is 20.2 Å². The Balaban J connectivity index is 1.53. The number of hydrogen-bond acceptors (Lipinski definition) is 2. The summed E-state index contributed by atoms with van der Waals surface area (Å²) in [5, 5.41) is 0. The quantitative estimate of drug-likeness (QED) is 0.817. The van der Waals surface area contributed by atoms with Gasteiger partial charge in [0.2, 0.25) is 0 Å². The van der Waals surface area contributed by atoms with Crippen LogP contribution in [0.4, 0.5) is 0 Å². The van der Waals surface area contributed by atoms with E-state index >= 15 is 0 Å². The first kappa shape index (κ1) is 13.0. The minimum atomic E-state index is 0.733. The summed E-state index contributed by atoms with van der Waals surface area (Å²) in [6, 6.07) is 8.52. The molecule has 0 atom stereocenters. The Morgan fingerprint density at radius 2 is 1.63 bits per heavy atom. The van der Waals surface area contributed by atoms with E-state index in [0.29, 0.717) is 0 Å². The second kappa shape index (κ2) is 5.54. The normalized spacial score (nSPS) is 22.8. The van der Waals surface area contributed by atoms with Crippen LogP contribution in [0.2, 0.25) is 0 Å². The highest BCUT2D eigenvalue weighted by Gasteiger charge is 2.36. The van der Waals surface area contributed by atoms with E-state index in [9.17, 15) is 0 Å². The number of nitrogens with zero attached hydrogens (tertiary/aromatic N) is 1. The van der Waals surface area contributed by atoms with Crippen molar-refractivity contribution >= 4 is 0 Å². The minimum Gasteiger partial charge on any atom is -0.497 e. The molecule has 1 heterocycles. The predicted molar refractivity (Wildman–Crippen MR) is 78.4 cm³/mol. The number of methoxy groups -OCH3 is 1. The molecular formula is C17H25NO. The molecule has 0 unspecified atom stereocenters. The van der Waals surface area contributed by atoms with Gasteiger partial charge in [0.15, 0.2) is 0 Å². The van der Waals surface area contributed by atoms with E-state index in [1.54, 1.807) is 7.11 Å². The molecule has 1 aliphatic carbocycles. The van der Waals surface area contributed by atoms with Gasteiger partial charge in [0.05, 0.1) is 7.11 Å². The molecule has 1 aromatic carbocycles. The molecule has 0 N–H and O–H groups in total. The summed E-state index contributed by atoms with van der Waals surface area (Å²) in [6.45, 7) is 3.66. The van der Waals surface area contributed by atoms with Gasteiger partial charge in [-0.3, -0.25) is 4.90 Å². The molecule has 0 amide bonds. The Hall–Kier alpha value is -1.02. The Morgan fingerprint density at radius 3 is 2.21 bits per heavy atom. The van der Waals surface area contributed by atoms with Crippen LogP contribution < -0.4 is 4.74 Å². The van der Waals surface area contributed by atoms with Crippen LogP contribution >= 0.6 is 0 Å². The number of ether oxygens (including phenoxy) is 1. The van der Waals surface area contributed by atoms with Crippen molar-refractivity contribution in [1.82, 2.24) is 4.90 Å². The third kappa shape index (κ3) is 2.94. The second-order valence-electron chi connectivity index (χ2n) is 6.33. The summed E-state index contributed by atoms with van der Waals surface area (Å²) in [5.74, 6) is 0.951. The van der Waals surface area contributed by atoms with E-state index in [1.165, 1.54) is 57.2 Å². The van der Waals surface area contributed by atoms with Gasteiger partial charge in [-0.15, -0.1) is 0 Å². The zero-order chi connectivity index (χ0) is 13.1. The molecule has 0 aromatic heterocycles. The van der Waals surface area contributed by atoms with Gasteiger partial charge in [0.25, 0.3) is 0 Å². The lowest BCUT2D eigenvalue weighted by molar-refractivity contribution is 0.103. The maximum atomic E-state index is 5.21. The average molecular weight is 259 g/mol. The Labute approximate surface area is 116 Å². The molecule has 2 aliphatic rings. The number of benzene rings is 1. The maximum absolute atomic E-state index is 5.21. The van der Waals surface area contributed by atoms with Gasteiger partial charge in [0.1, 0.15) is 5.75 Å². The van der Waals surface area contributed by atoms with Crippen LogP contribution in [0, 0.1) is 5.41 Å². The summed E-state index contributed by atoms with van der Waals surface area (Å²) in [7, 11) is 1.72. The maximum Gasteiger partial charge on any atom is 0.118 e. The minimum absolute atomic E-state index is 0.733. The smallest absolute Gasteiger partial charge is 0.118 e. The van der Waals surface area contributed by atoms with Crippen molar-refractivity contribution in [3.63, 3.8) is 0 Å². The molecule has 1 aliphatic heterocycles. The van der Waals surface area contributed by atoms with E-state index in [2.05, 4.69) is 29.2 Å². The van der Waals surface area contributed by atoms with Gasteiger partial charge < -0.3 is 4.74 Å². The van der Waals surface area contributed by atoms with Gasteiger partial charge in [-0.25, -0.2) is 0 Å². The molecule has 1 saturated carbocycles. The summed E-state index contributed by atoms with van der Waals surface area (Å²) < 4.78 is 5.21. The van der Waals surface area contributed by atoms with E-state index in [4.69, 9.17) is 4.74 Å². The Kier molecular flexibility index (Phi) is 3.79. The number of piperidine rings is 1. The summed E-state index contributed by atoms with van der Waals surface area (Å²) in [6.07, 6.45) is 8.76. The number of hydrogen-bond donors (Lipinski definition) is 0. The highest BCUT2D eigenvalue weighted by atomic mass is 16.5. The van der Waals surface area contributed by atoms with Gasteiger partial charge in [0, 0.05) is 6.54 Å². The third-order valence-electron chi connectivity index (χ3n) is 5.15. The van der Waals surface area contributed by atoms with Crippen molar-refractivity contribution < 1.29 is 4.74 Å². The monoisotopic (exact) mass is 259 g/mol. The summed E-state index contributed by atoms with van der Waals surface area (Å²) in [4.78, 5) is 2.62. The van der Waals surface area contributed by atoms with E-state index in [-0.39, 0.29) is 0 Å². The highest BCUT2D eigenvalue weighted by molar-refractivity contribution is 5.27. The average Bonchev–Trinajstić information content (AvgIpc) is 2.91. The summed E-state index contributed by atoms with van der Waals surface area (Å²) in [5.41, 5.74) is 2.14. The Morgan fingerprint density at radius 1 is 1.00 bits per heavy atom. The number of rotatable bonds is 3. The van der Waals surface area contributed by atoms with E-state index in [0.717, 1.165) is 17.7 Å². The van der Waals surface area contributed by atoms with Gasteiger partial charge in [-0.05, 0) is 61.9 Å². The van der Waals surface area contributed by atoms with Crippen LogP contribution in [-0.2, 0) is 6.54 Å². The fourth-order valence-electron chi connectivity index (χ4n) is 3.80. The zero-order valence-electron chi connectivity index (χ0n) is 12.0. The molecule has 2 fully saturated rings. The Bertz CT molecular complexity index is 396.